The van der Waals surface area contributed by atoms with Gasteiger partial charge in [-0.05, 0) is 32.6 Å². The molecule has 1 heterocycles. The first-order valence-corrected chi connectivity index (χ1v) is 8.25. The van der Waals surface area contributed by atoms with Crippen LogP contribution in [0.3, 0.4) is 0 Å². The van der Waals surface area contributed by atoms with Gasteiger partial charge in [0.1, 0.15) is 4.90 Å². The van der Waals surface area contributed by atoms with Crippen molar-refractivity contribution in [1.29, 1.82) is 0 Å². The maximum Gasteiger partial charge on any atom is 0.244 e. The zero-order valence-electron chi connectivity index (χ0n) is 11.1. The van der Waals surface area contributed by atoms with E-state index in [9.17, 15) is 8.42 Å². The highest BCUT2D eigenvalue weighted by Crippen LogP contribution is 2.35. The molecule has 1 aromatic rings. The zero-order valence-corrected chi connectivity index (χ0v) is 11.9. The Kier molecular flexibility index (Phi) is 3.15. The summed E-state index contributed by atoms with van der Waals surface area (Å²) in [7, 11) is -3.42. The molecule has 6 nitrogen and oxygen atoms in total. The van der Waals surface area contributed by atoms with E-state index in [1.807, 2.05) is 6.92 Å². The Balaban J connectivity index is 1.59. The third-order valence-electron chi connectivity index (χ3n) is 3.65. The van der Waals surface area contributed by atoms with Gasteiger partial charge in [0.25, 0.3) is 0 Å². The summed E-state index contributed by atoms with van der Waals surface area (Å²) < 4.78 is 28.6. The smallest absolute Gasteiger partial charge is 0.244 e. The van der Waals surface area contributed by atoms with Crippen LogP contribution in [-0.4, -0.2) is 36.3 Å². The van der Waals surface area contributed by atoms with Gasteiger partial charge >= 0.3 is 0 Å². The van der Waals surface area contributed by atoms with Gasteiger partial charge in [0, 0.05) is 24.3 Å². The molecule has 3 rings (SSSR count). The second-order valence-corrected chi connectivity index (χ2v) is 7.52. The fourth-order valence-electron chi connectivity index (χ4n) is 1.95. The molecule has 106 valence electrons. The van der Waals surface area contributed by atoms with Crippen LogP contribution in [0.25, 0.3) is 0 Å². The molecule has 0 unspecified atom stereocenters. The standard InChI is InChI=1S/C12H20N4O2S/c1-12(4-5-12)15-19(17,18)11-8-14-16(9-11)7-6-13-10-2-3-10/h8-10,13,15H,2-7H2,1H3. The molecular formula is C12H20N4O2S. The molecule has 1 aromatic heterocycles. The number of nitrogens with one attached hydrogen (secondary N) is 2. The lowest BCUT2D eigenvalue weighted by atomic mass is 10.4. The molecule has 7 heteroatoms. The molecule has 0 amide bonds. The molecule has 0 bridgehead atoms. The number of aromatic nitrogens is 2. The van der Waals surface area contributed by atoms with Crippen LogP contribution in [0.4, 0.5) is 0 Å². The zero-order chi connectivity index (χ0) is 13.5. The lowest BCUT2D eigenvalue weighted by Crippen LogP contribution is -2.34. The van der Waals surface area contributed by atoms with E-state index in [-0.39, 0.29) is 10.4 Å². The molecule has 0 aromatic carbocycles. The van der Waals surface area contributed by atoms with Gasteiger partial charge in [-0.15, -0.1) is 0 Å². The van der Waals surface area contributed by atoms with E-state index in [1.165, 1.54) is 19.0 Å². The summed E-state index contributed by atoms with van der Waals surface area (Å²) in [6, 6.07) is 0.662. The SMILES string of the molecule is CC1(NS(=O)(=O)c2cnn(CCNC3CC3)c2)CC1. The molecule has 2 aliphatic carbocycles. The molecule has 2 saturated carbocycles. The van der Waals surface area contributed by atoms with E-state index in [0.29, 0.717) is 12.6 Å². The molecule has 0 spiro atoms. The van der Waals surface area contributed by atoms with Crippen molar-refractivity contribution in [2.24, 2.45) is 0 Å². The van der Waals surface area contributed by atoms with Crippen LogP contribution in [0.15, 0.2) is 17.3 Å². The average Bonchev–Trinajstić information content (AvgIpc) is 3.21. The van der Waals surface area contributed by atoms with Crippen molar-refractivity contribution in [2.45, 2.75) is 55.6 Å². The summed E-state index contributed by atoms with van der Waals surface area (Å²) in [5.74, 6) is 0. The van der Waals surface area contributed by atoms with Gasteiger partial charge < -0.3 is 5.32 Å². The van der Waals surface area contributed by atoms with Crippen LogP contribution in [0, 0.1) is 0 Å². The number of hydrogen-bond donors (Lipinski definition) is 2. The summed E-state index contributed by atoms with van der Waals surface area (Å²) in [4.78, 5) is 0.257. The monoisotopic (exact) mass is 284 g/mol. The fraction of sp³-hybridized carbons (Fsp3) is 0.750. The first-order valence-electron chi connectivity index (χ1n) is 6.77. The van der Waals surface area contributed by atoms with Crippen LogP contribution in [-0.2, 0) is 16.6 Å². The van der Waals surface area contributed by atoms with Crippen molar-refractivity contribution in [3.63, 3.8) is 0 Å². The van der Waals surface area contributed by atoms with Crippen LogP contribution in [0.5, 0.6) is 0 Å². The lowest BCUT2D eigenvalue weighted by Gasteiger charge is -2.10. The summed E-state index contributed by atoms with van der Waals surface area (Å²) in [6.07, 6.45) is 7.34. The van der Waals surface area contributed by atoms with Gasteiger partial charge in [-0.1, -0.05) is 0 Å². The van der Waals surface area contributed by atoms with Gasteiger partial charge in [-0.2, -0.15) is 5.10 Å². The highest BCUT2D eigenvalue weighted by molar-refractivity contribution is 7.89. The highest BCUT2D eigenvalue weighted by atomic mass is 32.2. The van der Waals surface area contributed by atoms with E-state index in [0.717, 1.165) is 19.4 Å². The van der Waals surface area contributed by atoms with Gasteiger partial charge in [0.2, 0.25) is 10.0 Å². The minimum Gasteiger partial charge on any atom is -0.312 e. The quantitative estimate of drug-likeness (QED) is 0.763. The second-order valence-electron chi connectivity index (χ2n) is 5.83. The van der Waals surface area contributed by atoms with Crippen molar-refractivity contribution in [3.8, 4) is 0 Å². The molecule has 0 aliphatic heterocycles. The molecule has 0 atom stereocenters. The normalized spacial score (nSPS) is 21.5. The molecule has 2 aliphatic rings. The Morgan fingerprint density at radius 3 is 2.84 bits per heavy atom. The predicted molar refractivity (Wildman–Crippen MR) is 71.2 cm³/mol. The Bertz CT molecular complexity index is 558. The van der Waals surface area contributed by atoms with Gasteiger partial charge in [-0.25, -0.2) is 13.1 Å². The third-order valence-corrected chi connectivity index (χ3v) is 5.24. The Hall–Kier alpha value is -0.920. The molecular weight excluding hydrogens is 264 g/mol. The van der Waals surface area contributed by atoms with Crippen LogP contribution >= 0.6 is 0 Å². The van der Waals surface area contributed by atoms with Crippen molar-refractivity contribution in [3.05, 3.63) is 12.4 Å². The summed E-state index contributed by atoms with van der Waals surface area (Å²) >= 11 is 0. The fourth-order valence-corrected chi connectivity index (χ4v) is 3.37. The van der Waals surface area contributed by atoms with E-state index >= 15 is 0 Å². The average molecular weight is 284 g/mol. The minimum absolute atomic E-state index is 0.242. The predicted octanol–water partition coefficient (Wildman–Crippen LogP) is 0.466. The first kappa shape index (κ1) is 13.1. The Labute approximate surface area is 113 Å². The third kappa shape index (κ3) is 3.34. The Morgan fingerprint density at radius 1 is 1.47 bits per heavy atom. The van der Waals surface area contributed by atoms with Gasteiger partial charge in [0.15, 0.2) is 0 Å². The number of rotatable bonds is 7. The second kappa shape index (κ2) is 4.57. The number of nitrogens with zero attached hydrogens (tertiary/aromatic N) is 2. The molecule has 0 saturated heterocycles. The number of hydrogen-bond acceptors (Lipinski definition) is 4. The van der Waals surface area contributed by atoms with Crippen molar-refractivity contribution < 1.29 is 8.42 Å². The van der Waals surface area contributed by atoms with Gasteiger partial charge in [0.05, 0.1) is 12.7 Å². The molecule has 2 N–H and O–H groups in total. The summed E-state index contributed by atoms with van der Waals surface area (Å²) in [5.41, 5.74) is -0.242. The first-order chi connectivity index (χ1) is 8.97. The number of sulfonamides is 1. The van der Waals surface area contributed by atoms with Crippen molar-refractivity contribution in [1.82, 2.24) is 19.8 Å². The summed E-state index contributed by atoms with van der Waals surface area (Å²) in [5, 5.41) is 7.48. The maximum absolute atomic E-state index is 12.1. The largest absolute Gasteiger partial charge is 0.312 e. The van der Waals surface area contributed by atoms with Crippen LogP contribution < -0.4 is 10.0 Å². The van der Waals surface area contributed by atoms with E-state index < -0.39 is 10.0 Å². The molecule has 19 heavy (non-hydrogen) atoms. The van der Waals surface area contributed by atoms with E-state index in [2.05, 4.69) is 15.1 Å². The summed E-state index contributed by atoms with van der Waals surface area (Å²) in [6.45, 7) is 3.45. The van der Waals surface area contributed by atoms with E-state index in [1.54, 1.807) is 10.9 Å². The maximum atomic E-state index is 12.1. The lowest BCUT2D eigenvalue weighted by molar-refractivity contribution is 0.548. The highest BCUT2D eigenvalue weighted by Gasteiger charge is 2.41. The van der Waals surface area contributed by atoms with Crippen molar-refractivity contribution >= 4 is 10.0 Å². The van der Waals surface area contributed by atoms with Crippen molar-refractivity contribution in [2.75, 3.05) is 6.54 Å². The Morgan fingerprint density at radius 2 is 2.21 bits per heavy atom. The minimum atomic E-state index is -3.42. The van der Waals surface area contributed by atoms with Crippen LogP contribution in [0.1, 0.15) is 32.6 Å². The molecule has 2 fully saturated rings. The van der Waals surface area contributed by atoms with Crippen LogP contribution in [0.2, 0.25) is 0 Å². The topological polar surface area (TPSA) is 76.0 Å². The van der Waals surface area contributed by atoms with E-state index in [4.69, 9.17) is 0 Å². The van der Waals surface area contributed by atoms with Gasteiger partial charge in [-0.3, -0.25) is 4.68 Å². The molecule has 0 radical (unpaired) electrons.